The van der Waals surface area contributed by atoms with E-state index >= 15 is 0 Å². The Morgan fingerprint density at radius 3 is 2.75 bits per heavy atom. The van der Waals surface area contributed by atoms with Crippen molar-refractivity contribution in [2.75, 3.05) is 6.54 Å². The van der Waals surface area contributed by atoms with Crippen LogP contribution in [0.4, 0.5) is 0 Å². The molecule has 2 heterocycles. The summed E-state index contributed by atoms with van der Waals surface area (Å²) in [5, 5.41) is 5.77. The van der Waals surface area contributed by atoms with Crippen molar-refractivity contribution in [2.24, 2.45) is 0 Å². The van der Waals surface area contributed by atoms with Gasteiger partial charge in [0.05, 0.1) is 23.6 Å². The van der Waals surface area contributed by atoms with E-state index in [4.69, 9.17) is 0 Å². The van der Waals surface area contributed by atoms with Crippen LogP contribution >= 0.6 is 0 Å². The molecule has 4 heteroatoms. The van der Waals surface area contributed by atoms with Crippen LogP contribution in [0.15, 0.2) is 55.1 Å². The Labute approximate surface area is 117 Å². The summed E-state index contributed by atoms with van der Waals surface area (Å²) >= 11 is 0. The summed E-state index contributed by atoms with van der Waals surface area (Å²) < 4.78 is 0. The lowest BCUT2D eigenvalue weighted by Crippen LogP contribution is -2.24. The summed E-state index contributed by atoms with van der Waals surface area (Å²) in [4.78, 5) is 13.2. The van der Waals surface area contributed by atoms with Crippen LogP contribution in [0.5, 0.6) is 0 Å². The van der Waals surface area contributed by atoms with E-state index in [2.05, 4.69) is 39.3 Å². The van der Waals surface area contributed by atoms with Crippen molar-refractivity contribution in [1.29, 1.82) is 0 Å². The second kappa shape index (κ2) is 5.75. The van der Waals surface area contributed by atoms with Crippen molar-refractivity contribution in [3.05, 3.63) is 66.5 Å². The third kappa shape index (κ3) is 2.38. The Balaban J connectivity index is 2.15. The van der Waals surface area contributed by atoms with E-state index in [1.807, 2.05) is 24.4 Å². The van der Waals surface area contributed by atoms with Crippen molar-refractivity contribution in [1.82, 2.24) is 20.3 Å². The van der Waals surface area contributed by atoms with E-state index in [0.29, 0.717) is 0 Å². The second-order valence-corrected chi connectivity index (χ2v) is 4.54. The molecule has 1 aromatic carbocycles. The van der Waals surface area contributed by atoms with E-state index in [-0.39, 0.29) is 6.04 Å². The van der Waals surface area contributed by atoms with Crippen LogP contribution in [0.25, 0.3) is 10.8 Å². The molecule has 0 spiro atoms. The molecular formula is C16H16N4. The first-order valence-corrected chi connectivity index (χ1v) is 6.73. The van der Waals surface area contributed by atoms with Crippen LogP contribution in [0.1, 0.15) is 24.4 Å². The predicted molar refractivity (Wildman–Crippen MR) is 79.3 cm³/mol. The Morgan fingerprint density at radius 1 is 1.05 bits per heavy atom. The fourth-order valence-electron chi connectivity index (χ4n) is 2.38. The van der Waals surface area contributed by atoms with Crippen LogP contribution in [-0.4, -0.2) is 21.5 Å². The average Bonchev–Trinajstić information content (AvgIpc) is 2.53. The maximum absolute atomic E-state index is 4.57. The highest BCUT2D eigenvalue weighted by Crippen LogP contribution is 2.25. The Hall–Kier alpha value is -2.33. The fraction of sp³-hybridized carbons (Fsp3) is 0.188. The first-order chi connectivity index (χ1) is 9.90. The number of nitrogens with one attached hydrogen (secondary N) is 1. The lowest BCUT2D eigenvalue weighted by atomic mass is 10.0. The molecule has 0 saturated heterocycles. The highest BCUT2D eigenvalue weighted by atomic mass is 15.0. The SMILES string of the molecule is CCNC(c1cnccn1)c1nccc2ccccc12. The molecule has 0 radical (unpaired) electrons. The van der Waals surface area contributed by atoms with E-state index in [0.717, 1.165) is 23.3 Å². The van der Waals surface area contributed by atoms with Crippen molar-refractivity contribution >= 4 is 10.8 Å². The van der Waals surface area contributed by atoms with Crippen molar-refractivity contribution in [2.45, 2.75) is 13.0 Å². The molecule has 0 fully saturated rings. The summed E-state index contributed by atoms with van der Waals surface area (Å²) in [5.41, 5.74) is 1.88. The topological polar surface area (TPSA) is 50.7 Å². The van der Waals surface area contributed by atoms with E-state index in [1.165, 1.54) is 5.39 Å². The van der Waals surface area contributed by atoms with Gasteiger partial charge in [-0.1, -0.05) is 31.2 Å². The summed E-state index contributed by atoms with van der Waals surface area (Å²) in [6.45, 7) is 2.92. The highest BCUT2D eigenvalue weighted by Gasteiger charge is 2.18. The smallest absolute Gasteiger partial charge is 0.0947 e. The lowest BCUT2D eigenvalue weighted by molar-refractivity contribution is 0.603. The number of benzene rings is 1. The van der Waals surface area contributed by atoms with Crippen LogP contribution < -0.4 is 5.32 Å². The highest BCUT2D eigenvalue weighted by molar-refractivity contribution is 5.84. The minimum absolute atomic E-state index is 0.0419. The fourth-order valence-corrected chi connectivity index (χ4v) is 2.38. The van der Waals surface area contributed by atoms with Gasteiger partial charge in [-0.3, -0.25) is 15.0 Å². The van der Waals surface area contributed by atoms with Gasteiger partial charge in [-0.15, -0.1) is 0 Å². The molecule has 20 heavy (non-hydrogen) atoms. The predicted octanol–water partition coefficient (Wildman–Crippen LogP) is 2.72. The van der Waals surface area contributed by atoms with Crippen LogP contribution in [-0.2, 0) is 0 Å². The maximum Gasteiger partial charge on any atom is 0.0947 e. The monoisotopic (exact) mass is 264 g/mol. The molecule has 2 aromatic heterocycles. The third-order valence-corrected chi connectivity index (χ3v) is 3.27. The largest absolute Gasteiger partial charge is 0.304 e. The Morgan fingerprint density at radius 2 is 1.95 bits per heavy atom. The number of pyridine rings is 1. The molecule has 1 unspecified atom stereocenters. The molecule has 4 nitrogen and oxygen atoms in total. The minimum atomic E-state index is -0.0419. The molecule has 0 aliphatic heterocycles. The quantitative estimate of drug-likeness (QED) is 0.787. The second-order valence-electron chi connectivity index (χ2n) is 4.54. The molecule has 0 bridgehead atoms. The van der Waals surface area contributed by atoms with E-state index in [9.17, 15) is 0 Å². The molecule has 0 saturated carbocycles. The van der Waals surface area contributed by atoms with Gasteiger partial charge in [0.2, 0.25) is 0 Å². The molecule has 100 valence electrons. The van der Waals surface area contributed by atoms with Gasteiger partial charge in [-0.2, -0.15) is 0 Å². The molecule has 0 amide bonds. The first-order valence-electron chi connectivity index (χ1n) is 6.73. The molecule has 3 aromatic rings. The normalized spacial score (nSPS) is 12.4. The Kier molecular flexibility index (Phi) is 3.65. The zero-order valence-corrected chi connectivity index (χ0v) is 11.3. The summed E-state index contributed by atoms with van der Waals surface area (Å²) in [5.74, 6) is 0. The van der Waals surface area contributed by atoms with Gasteiger partial charge in [-0.05, 0) is 18.0 Å². The maximum atomic E-state index is 4.57. The molecule has 0 aliphatic rings. The van der Waals surface area contributed by atoms with Crippen molar-refractivity contribution < 1.29 is 0 Å². The summed E-state index contributed by atoms with van der Waals surface area (Å²) in [6.07, 6.45) is 7.03. The number of aromatic nitrogens is 3. The zero-order chi connectivity index (χ0) is 13.8. The van der Waals surface area contributed by atoms with Gasteiger partial charge in [0.1, 0.15) is 0 Å². The van der Waals surface area contributed by atoms with Crippen LogP contribution in [0, 0.1) is 0 Å². The van der Waals surface area contributed by atoms with Gasteiger partial charge >= 0.3 is 0 Å². The van der Waals surface area contributed by atoms with Gasteiger partial charge < -0.3 is 5.32 Å². The molecule has 0 aliphatic carbocycles. The lowest BCUT2D eigenvalue weighted by Gasteiger charge is -2.18. The average molecular weight is 264 g/mol. The Bertz CT molecular complexity index is 692. The van der Waals surface area contributed by atoms with E-state index < -0.39 is 0 Å². The van der Waals surface area contributed by atoms with E-state index in [1.54, 1.807) is 18.6 Å². The molecule has 1 atom stereocenters. The summed E-state index contributed by atoms with van der Waals surface area (Å²) in [6, 6.07) is 10.3. The summed E-state index contributed by atoms with van der Waals surface area (Å²) in [7, 11) is 0. The van der Waals surface area contributed by atoms with Gasteiger partial charge in [0, 0.05) is 24.0 Å². The number of hydrogen-bond donors (Lipinski definition) is 1. The van der Waals surface area contributed by atoms with Gasteiger partial charge in [0.15, 0.2) is 0 Å². The van der Waals surface area contributed by atoms with Gasteiger partial charge in [0.25, 0.3) is 0 Å². The number of rotatable bonds is 4. The molecular weight excluding hydrogens is 248 g/mol. The van der Waals surface area contributed by atoms with Crippen LogP contribution in [0.3, 0.4) is 0 Å². The van der Waals surface area contributed by atoms with Crippen LogP contribution in [0.2, 0.25) is 0 Å². The first kappa shape index (κ1) is 12.7. The standard InChI is InChI=1S/C16H16N4/c1-2-18-16(14-11-17-9-10-19-14)15-13-6-4-3-5-12(13)7-8-20-15/h3-11,16,18H,2H2,1H3. The number of nitrogens with zero attached hydrogens (tertiary/aromatic N) is 3. The molecule has 3 rings (SSSR count). The number of fused-ring (bicyclic) bond motifs is 1. The zero-order valence-electron chi connectivity index (χ0n) is 11.3. The van der Waals surface area contributed by atoms with Crippen molar-refractivity contribution in [3.63, 3.8) is 0 Å². The number of hydrogen-bond acceptors (Lipinski definition) is 4. The van der Waals surface area contributed by atoms with Gasteiger partial charge in [-0.25, -0.2) is 0 Å². The third-order valence-electron chi connectivity index (χ3n) is 3.27. The molecule has 1 N–H and O–H groups in total. The van der Waals surface area contributed by atoms with Crippen molar-refractivity contribution in [3.8, 4) is 0 Å². The minimum Gasteiger partial charge on any atom is -0.304 e.